The molecule has 0 unspecified atom stereocenters. The van der Waals surface area contributed by atoms with Gasteiger partial charge in [0.1, 0.15) is 5.69 Å². The summed E-state index contributed by atoms with van der Waals surface area (Å²) in [6.45, 7) is 11.2. The minimum absolute atomic E-state index is 0.185. The van der Waals surface area contributed by atoms with Gasteiger partial charge in [-0.05, 0) is 49.9 Å². The number of carbonyl (C=O) groups is 1. The fraction of sp³-hybridized carbons (Fsp3) is 0.368. The maximum atomic E-state index is 12.4. The van der Waals surface area contributed by atoms with Crippen molar-refractivity contribution in [3.63, 3.8) is 0 Å². The zero-order valence-electron chi connectivity index (χ0n) is 14.5. The molecule has 1 aromatic carbocycles. The van der Waals surface area contributed by atoms with Crippen LogP contribution in [0.3, 0.4) is 0 Å². The molecule has 1 aromatic heterocycles. The topological polar surface area (TPSA) is 54.0 Å². The third-order valence-electron chi connectivity index (χ3n) is 3.63. The molecule has 0 spiro atoms. The van der Waals surface area contributed by atoms with Gasteiger partial charge in [0, 0.05) is 12.2 Å². The number of nitrogens with zero attached hydrogens (tertiary/aromatic N) is 1. The fourth-order valence-corrected chi connectivity index (χ4v) is 2.51. The Morgan fingerprint density at radius 3 is 2.30 bits per heavy atom. The van der Waals surface area contributed by atoms with E-state index in [-0.39, 0.29) is 5.91 Å². The molecule has 1 amide bonds. The first kappa shape index (κ1) is 17.0. The lowest BCUT2D eigenvalue weighted by Crippen LogP contribution is -2.16. The van der Waals surface area contributed by atoms with Crippen molar-refractivity contribution in [3.05, 3.63) is 52.8 Å². The van der Waals surface area contributed by atoms with E-state index in [0.29, 0.717) is 11.6 Å². The number of rotatable bonds is 5. The summed E-state index contributed by atoms with van der Waals surface area (Å²) in [4.78, 5) is 16.6. The Morgan fingerprint density at radius 2 is 1.78 bits per heavy atom. The summed E-state index contributed by atoms with van der Waals surface area (Å²) >= 11 is 0. The average molecular weight is 311 g/mol. The molecule has 1 heterocycles. The van der Waals surface area contributed by atoms with Crippen molar-refractivity contribution in [2.45, 2.75) is 34.6 Å². The third-order valence-corrected chi connectivity index (χ3v) is 3.63. The van der Waals surface area contributed by atoms with E-state index in [4.69, 9.17) is 0 Å². The molecule has 122 valence electrons. The number of aromatic nitrogens is 1. The van der Waals surface area contributed by atoms with E-state index in [1.54, 1.807) is 12.3 Å². The predicted molar refractivity (Wildman–Crippen MR) is 96.2 cm³/mol. The van der Waals surface area contributed by atoms with E-state index in [9.17, 15) is 4.79 Å². The highest BCUT2D eigenvalue weighted by atomic mass is 16.1. The Labute approximate surface area is 138 Å². The highest BCUT2D eigenvalue weighted by Crippen LogP contribution is 2.22. The van der Waals surface area contributed by atoms with Gasteiger partial charge in [0.2, 0.25) is 0 Å². The van der Waals surface area contributed by atoms with Crippen LogP contribution in [0.1, 0.15) is 41.0 Å². The van der Waals surface area contributed by atoms with Gasteiger partial charge in [-0.15, -0.1) is 0 Å². The first-order valence-electron chi connectivity index (χ1n) is 7.96. The van der Waals surface area contributed by atoms with Crippen LogP contribution in [-0.2, 0) is 0 Å². The van der Waals surface area contributed by atoms with Crippen LogP contribution in [0, 0.1) is 26.7 Å². The summed E-state index contributed by atoms with van der Waals surface area (Å²) in [6, 6.07) is 7.76. The number of hydrogen-bond donors (Lipinski definition) is 2. The van der Waals surface area contributed by atoms with Crippen LogP contribution in [0.25, 0.3) is 0 Å². The summed E-state index contributed by atoms with van der Waals surface area (Å²) in [7, 11) is 0. The van der Waals surface area contributed by atoms with Gasteiger partial charge in [0.15, 0.2) is 0 Å². The van der Waals surface area contributed by atoms with E-state index < -0.39 is 0 Å². The number of amides is 1. The van der Waals surface area contributed by atoms with Gasteiger partial charge < -0.3 is 10.6 Å². The maximum Gasteiger partial charge on any atom is 0.274 e. The summed E-state index contributed by atoms with van der Waals surface area (Å²) in [5, 5.41) is 6.26. The van der Waals surface area contributed by atoms with Gasteiger partial charge in [-0.25, -0.2) is 4.98 Å². The summed E-state index contributed by atoms with van der Waals surface area (Å²) in [5.41, 5.74) is 5.52. The molecule has 0 fully saturated rings. The lowest BCUT2D eigenvalue weighted by Gasteiger charge is -2.13. The quantitative estimate of drug-likeness (QED) is 0.864. The molecule has 2 aromatic rings. The van der Waals surface area contributed by atoms with Crippen molar-refractivity contribution in [2.75, 3.05) is 17.2 Å². The van der Waals surface area contributed by atoms with Gasteiger partial charge >= 0.3 is 0 Å². The highest BCUT2D eigenvalue weighted by Gasteiger charge is 2.11. The van der Waals surface area contributed by atoms with Gasteiger partial charge in [0.25, 0.3) is 5.91 Å². The Bertz CT molecular complexity index is 667. The monoisotopic (exact) mass is 311 g/mol. The fourth-order valence-electron chi connectivity index (χ4n) is 2.51. The predicted octanol–water partition coefficient (Wildman–Crippen LogP) is 4.33. The Balaban J connectivity index is 2.09. The zero-order chi connectivity index (χ0) is 17.0. The van der Waals surface area contributed by atoms with Crippen LogP contribution in [0.5, 0.6) is 0 Å². The van der Waals surface area contributed by atoms with Crippen molar-refractivity contribution >= 4 is 17.3 Å². The molecule has 0 aliphatic rings. The molecule has 4 nitrogen and oxygen atoms in total. The van der Waals surface area contributed by atoms with Crippen molar-refractivity contribution in [2.24, 2.45) is 5.92 Å². The normalized spacial score (nSPS) is 10.7. The number of benzene rings is 1. The van der Waals surface area contributed by atoms with Gasteiger partial charge in [-0.1, -0.05) is 31.5 Å². The smallest absolute Gasteiger partial charge is 0.274 e. The molecule has 0 aliphatic heterocycles. The van der Waals surface area contributed by atoms with Crippen LogP contribution in [-0.4, -0.2) is 17.4 Å². The molecule has 2 N–H and O–H groups in total. The van der Waals surface area contributed by atoms with Crippen molar-refractivity contribution in [1.29, 1.82) is 0 Å². The third kappa shape index (κ3) is 4.55. The summed E-state index contributed by atoms with van der Waals surface area (Å²) < 4.78 is 0. The molecule has 0 bridgehead atoms. The molecule has 2 rings (SSSR count). The first-order valence-corrected chi connectivity index (χ1v) is 7.96. The van der Waals surface area contributed by atoms with Gasteiger partial charge in [-0.3, -0.25) is 4.79 Å². The van der Waals surface area contributed by atoms with Gasteiger partial charge in [-0.2, -0.15) is 0 Å². The Morgan fingerprint density at radius 1 is 1.13 bits per heavy atom. The molecular weight excluding hydrogens is 286 g/mol. The minimum Gasteiger partial charge on any atom is -0.384 e. The molecule has 4 heteroatoms. The highest BCUT2D eigenvalue weighted by molar-refractivity contribution is 6.03. The molecular formula is C19H25N3O. The molecule has 0 saturated carbocycles. The molecule has 23 heavy (non-hydrogen) atoms. The molecule has 0 saturated heterocycles. The Kier molecular flexibility index (Phi) is 5.37. The van der Waals surface area contributed by atoms with Gasteiger partial charge in [0.05, 0.1) is 11.9 Å². The standard InChI is InChI=1S/C19H25N3O/c1-12(2)10-20-16-6-7-17(21-11-16)19(23)22-18-14(4)8-13(3)9-15(18)5/h6-9,11-12,20H,10H2,1-5H3,(H,22,23). The first-order chi connectivity index (χ1) is 10.9. The largest absolute Gasteiger partial charge is 0.384 e. The van der Waals surface area contributed by atoms with E-state index in [2.05, 4.69) is 48.5 Å². The Hall–Kier alpha value is -2.36. The number of nitrogens with one attached hydrogen (secondary N) is 2. The second-order valence-corrected chi connectivity index (χ2v) is 6.43. The van der Waals surface area contributed by atoms with Crippen molar-refractivity contribution in [3.8, 4) is 0 Å². The number of anilines is 2. The SMILES string of the molecule is Cc1cc(C)c(NC(=O)c2ccc(NCC(C)C)cn2)c(C)c1. The lowest BCUT2D eigenvalue weighted by molar-refractivity contribution is 0.102. The van der Waals surface area contributed by atoms with Crippen LogP contribution in [0.2, 0.25) is 0 Å². The molecule has 0 aliphatic carbocycles. The number of aryl methyl sites for hydroxylation is 3. The number of carbonyl (C=O) groups excluding carboxylic acids is 1. The van der Waals surface area contributed by atoms with Crippen LogP contribution < -0.4 is 10.6 Å². The van der Waals surface area contributed by atoms with E-state index in [1.165, 1.54) is 5.56 Å². The van der Waals surface area contributed by atoms with Crippen molar-refractivity contribution in [1.82, 2.24) is 4.98 Å². The number of hydrogen-bond acceptors (Lipinski definition) is 3. The number of pyridine rings is 1. The second kappa shape index (κ2) is 7.27. The summed E-state index contributed by atoms with van der Waals surface area (Å²) in [5.74, 6) is 0.376. The lowest BCUT2D eigenvalue weighted by atomic mass is 10.0. The van der Waals surface area contributed by atoms with E-state index in [0.717, 1.165) is 29.0 Å². The van der Waals surface area contributed by atoms with E-state index in [1.807, 2.05) is 19.9 Å². The molecule has 0 radical (unpaired) electrons. The second-order valence-electron chi connectivity index (χ2n) is 6.43. The molecule has 0 atom stereocenters. The van der Waals surface area contributed by atoms with E-state index >= 15 is 0 Å². The van der Waals surface area contributed by atoms with Crippen LogP contribution in [0.15, 0.2) is 30.5 Å². The zero-order valence-corrected chi connectivity index (χ0v) is 14.5. The van der Waals surface area contributed by atoms with Crippen LogP contribution >= 0.6 is 0 Å². The minimum atomic E-state index is -0.185. The summed E-state index contributed by atoms with van der Waals surface area (Å²) in [6.07, 6.45) is 1.70. The maximum absolute atomic E-state index is 12.4. The van der Waals surface area contributed by atoms with Crippen molar-refractivity contribution < 1.29 is 4.79 Å². The van der Waals surface area contributed by atoms with Crippen LogP contribution in [0.4, 0.5) is 11.4 Å². The average Bonchev–Trinajstić information content (AvgIpc) is 2.49.